The molecule has 0 N–H and O–H groups in total. The number of hydrogen-bond acceptors (Lipinski definition) is 3. The van der Waals surface area contributed by atoms with Crippen molar-refractivity contribution >= 4 is 11.7 Å². The summed E-state index contributed by atoms with van der Waals surface area (Å²) in [6.45, 7) is 1.69. The second-order valence-electron chi connectivity index (χ2n) is 4.74. The van der Waals surface area contributed by atoms with Crippen molar-refractivity contribution in [1.29, 1.82) is 0 Å². The number of nitrogens with zero attached hydrogens (tertiary/aromatic N) is 1. The largest absolute Gasteiger partial charge is 0.497 e. The van der Waals surface area contributed by atoms with E-state index in [-0.39, 0.29) is 18.1 Å². The predicted molar refractivity (Wildman–Crippen MR) is 72.4 cm³/mol. The van der Waals surface area contributed by atoms with Gasteiger partial charge < -0.3 is 9.64 Å². The highest BCUT2D eigenvalue weighted by molar-refractivity contribution is 5.98. The predicted octanol–water partition coefficient (Wildman–Crippen LogP) is 2.28. The van der Waals surface area contributed by atoms with E-state index in [1.165, 1.54) is 0 Å². The summed E-state index contributed by atoms with van der Waals surface area (Å²) in [5.41, 5.74) is 0.634. The maximum atomic E-state index is 12.0. The molecule has 1 aromatic carbocycles. The van der Waals surface area contributed by atoms with Gasteiger partial charge in [-0.25, -0.2) is 0 Å². The summed E-state index contributed by atoms with van der Waals surface area (Å²) in [6.07, 6.45) is 2.75. The van der Waals surface area contributed by atoms with E-state index < -0.39 is 0 Å². The first kappa shape index (κ1) is 13.6. The molecule has 0 bridgehead atoms. The Hall–Kier alpha value is -1.84. The number of carbonyl (C=O) groups excluding carboxylic acids is 2. The SMILES string of the molecule is COc1ccc(C(=O)CCC(=O)N2CCCC2)cc1. The zero-order valence-corrected chi connectivity index (χ0v) is 11.2. The Labute approximate surface area is 113 Å². The van der Waals surface area contributed by atoms with Crippen LogP contribution in [0.15, 0.2) is 24.3 Å². The number of likely N-dealkylation sites (tertiary alicyclic amines) is 1. The fraction of sp³-hybridized carbons (Fsp3) is 0.467. The van der Waals surface area contributed by atoms with Gasteiger partial charge in [-0.2, -0.15) is 0 Å². The molecule has 0 saturated carbocycles. The van der Waals surface area contributed by atoms with Crippen LogP contribution in [0.4, 0.5) is 0 Å². The van der Waals surface area contributed by atoms with Crippen LogP contribution in [0, 0.1) is 0 Å². The third-order valence-corrected chi connectivity index (χ3v) is 3.44. The van der Waals surface area contributed by atoms with Gasteiger partial charge in [-0.3, -0.25) is 9.59 Å². The lowest BCUT2D eigenvalue weighted by atomic mass is 10.1. The minimum atomic E-state index is 0.00944. The van der Waals surface area contributed by atoms with Gasteiger partial charge in [0, 0.05) is 31.5 Å². The van der Waals surface area contributed by atoms with Gasteiger partial charge in [-0.15, -0.1) is 0 Å². The second kappa shape index (κ2) is 6.36. The van der Waals surface area contributed by atoms with Crippen molar-refractivity contribution in [2.45, 2.75) is 25.7 Å². The van der Waals surface area contributed by atoms with Crippen LogP contribution in [0.1, 0.15) is 36.0 Å². The topological polar surface area (TPSA) is 46.6 Å². The molecule has 1 aromatic rings. The average molecular weight is 261 g/mol. The summed E-state index contributed by atoms with van der Waals surface area (Å²) in [5, 5.41) is 0. The molecule has 0 unspecified atom stereocenters. The van der Waals surface area contributed by atoms with Crippen LogP contribution in [0.3, 0.4) is 0 Å². The molecule has 1 fully saturated rings. The first-order chi connectivity index (χ1) is 9.20. The van der Waals surface area contributed by atoms with Gasteiger partial charge in [0.2, 0.25) is 5.91 Å². The Balaban J connectivity index is 1.84. The maximum Gasteiger partial charge on any atom is 0.223 e. The normalized spacial score (nSPS) is 14.5. The van der Waals surface area contributed by atoms with Crippen molar-refractivity contribution in [1.82, 2.24) is 4.90 Å². The minimum Gasteiger partial charge on any atom is -0.497 e. The molecule has 1 aliphatic rings. The Morgan fingerprint density at radius 2 is 1.74 bits per heavy atom. The van der Waals surface area contributed by atoms with Gasteiger partial charge in [0.15, 0.2) is 5.78 Å². The van der Waals surface area contributed by atoms with Crippen LogP contribution in [-0.2, 0) is 4.79 Å². The zero-order valence-electron chi connectivity index (χ0n) is 11.2. The van der Waals surface area contributed by atoms with Crippen LogP contribution in [0.25, 0.3) is 0 Å². The third-order valence-electron chi connectivity index (χ3n) is 3.44. The first-order valence-electron chi connectivity index (χ1n) is 6.66. The molecular formula is C15H19NO3. The smallest absolute Gasteiger partial charge is 0.223 e. The van der Waals surface area contributed by atoms with E-state index in [2.05, 4.69) is 0 Å². The number of ether oxygens (including phenoxy) is 1. The number of benzene rings is 1. The number of carbonyl (C=O) groups is 2. The van der Waals surface area contributed by atoms with Crippen molar-refractivity contribution in [3.63, 3.8) is 0 Å². The van der Waals surface area contributed by atoms with Gasteiger partial charge in [0.25, 0.3) is 0 Å². The van der Waals surface area contributed by atoms with Crippen LogP contribution in [-0.4, -0.2) is 36.8 Å². The highest BCUT2D eigenvalue weighted by Crippen LogP contribution is 2.15. The number of amides is 1. The second-order valence-corrected chi connectivity index (χ2v) is 4.74. The molecule has 102 valence electrons. The van der Waals surface area contributed by atoms with Crippen molar-refractivity contribution in [3.05, 3.63) is 29.8 Å². The number of hydrogen-bond donors (Lipinski definition) is 0. The lowest BCUT2D eigenvalue weighted by molar-refractivity contribution is -0.130. The third kappa shape index (κ3) is 3.56. The molecule has 1 aliphatic heterocycles. The van der Waals surface area contributed by atoms with Crippen molar-refractivity contribution < 1.29 is 14.3 Å². The van der Waals surface area contributed by atoms with E-state index in [4.69, 9.17) is 4.74 Å². The Morgan fingerprint density at radius 1 is 1.11 bits per heavy atom. The highest BCUT2D eigenvalue weighted by Gasteiger charge is 2.18. The number of Topliss-reactive ketones (excluding diaryl/α,β-unsaturated/α-hetero) is 1. The molecule has 0 aromatic heterocycles. The molecule has 1 amide bonds. The number of ketones is 1. The molecule has 0 atom stereocenters. The standard InChI is InChI=1S/C15H19NO3/c1-19-13-6-4-12(5-7-13)14(17)8-9-15(18)16-10-2-3-11-16/h4-7H,2-3,8-11H2,1H3. The summed E-state index contributed by atoms with van der Waals surface area (Å²) in [4.78, 5) is 25.6. The first-order valence-corrected chi connectivity index (χ1v) is 6.66. The fourth-order valence-electron chi connectivity index (χ4n) is 2.27. The maximum absolute atomic E-state index is 12.0. The monoisotopic (exact) mass is 261 g/mol. The fourth-order valence-corrected chi connectivity index (χ4v) is 2.27. The molecular weight excluding hydrogens is 242 g/mol. The van der Waals surface area contributed by atoms with Gasteiger partial charge >= 0.3 is 0 Å². The summed E-state index contributed by atoms with van der Waals surface area (Å²) in [7, 11) is 1.59. The Morgan fingerprint density at radius 3 is 2.32 bits per heavy atom. The zero-order chi connectivity index (χ0) is 13.7. The van der Waals surface area contributed by atoms with E-state index in [0.717, 1.165) is 31.7 Å². The summed E-state index contributed by atoms with van der Waals surface area (Å²) >= 11 is 0. The van der Waals surface area contributed by atoms with Gasteiger partial charge in [0.05, 0.1) is 7.11 Å². The number of rotatable bonds is 5. The quantitative estimate of drug-likeness (QED) is 0.764. The van der Waals surface area contributed by atoms with Crippen molar-refractivity contribution in [2.24, 2.45) is 0 Å². The summed E-state index contributed by atoms with van der Waals surface area (Å²) in [6, 6.07) is 6.99. The van der Waals surface area contributed by atoms with Crippen molar-refractivity contribution in [3.8, 4) is 5.75 Å². The Kier molecular flexibility index (Phi) is 4.55. The molecule has 4 heteroatoms. The molecule has 19 heavy (non-hydrogen) atoms. The number of methoxy groups -OCH3 is 1. The van der Waals surface area contributed by atoms with Crippen LogP contribution in [0.2, 0.25) is 0 Å². The van der Waals surface area contributed by atoms with Gasteiger partial charge in [-0.1, -0.05) is 0 Å². The molecule has 0 aliphatic carbocycles. The molecule has 1 saturated heterocycles. The molecule has 2 rings (SSSR count). The van der Waals surface area contributed by atoms with Gasteiger partial charge in [0.1, 0.15) is 5.75 Å². The molecule has 0 radical (unpaired) electrons. The molecule has 4 nitrogen and oxygen atoms in total. The van der Waals surface area contributed by atoms with Crippen LogP contribution >= 0.6 is 0 Å². The van der Waals surface area contributed by atoms with E-state index in [1.807, 2.05) is 4.90 Å². The van der Waals surface area contributed by atoms with Crippen molar-refractivity contribution in [2.75, 3.05) is 20.2 Å². The lowest BCUT2D eigenvalue weighted by Gasteiger charge is -2.14. The van der Waals surface area contributed by atoms with Crippen LogP contribution < -0.4 is 4.74 Å². The highest BCUT2D eigenvalue weighted by atomic mass is 16.5. The van der Waals surface area contributed by atoms with Gasteiger partial charge in [-0.05, 0) is 37.1 Å². The molecule has 1 heterocycles. The van der Waals surface area contributed by atoms with E-state index >= 15 is 0 Å². The summed E-state index contributed by atoms with van der Waals surface area (Å²) < 4.78 is 5.04. The van der Waals surface area contributed by atoms with E-state index in [0.29, 0.717) is 12.0 Å². The average Bonchev–Trinajstić information content (AvgIpc) is 2.98. The Bertz CT molecular complexity index is 447. The van der Waals surface area contributed by atoms with E-state index in [1.54, 1.807) is 31.4 Å². The lowest BCUT2D eigenvalue weighted by Crippen LogP contribution is -2.27. The van der Waals surface area contributed by atoms with E-state index in [9.17, 15) is 9.59 Å². The van der Waals surface area contributed by atoms with Crippen LogP contribution in [0.5, 0.6) is 5.75 Å². The molecule has 0 spiro atoms. The summed E-state index contributed by atoms with van der Waals surface area (Å²) in [5.74, 6) is 0.833. The minimum absolute atomic E-state index is 0.00944.